The summed E-state index contributed by atoms with van der Waals surface area (Å²) in [4.78, 5) is 68.9. The number of hydrogen-bond donors (Lipinski definition) is 1. The third-order valence-electron chi connectivity index (χ3n) is 8.08. The lowest BCUT2D eigenvalue weighted by molar-refractivity contribution is -0.144. The molecule has 0 aliphatic carbocycles. The van der Waals surface area contributed by atoms with Gasteiger partial charge in [0.2, 0.25) is 5.91 Å². The Kier molecular flexibility index (Phi) is 7.77. The summed E-state index contributed by atoms with van der Waals surface area (Å²) < 4.78 is 15.2. The van der Waals surface area contributed by atoms with Crippen LogP contribution in [0.1, 0.15) is 29.3 Å². The molecule has 0 unspecified atom stereocenters. The van der Waals surface area contributed by atoms with E-state index < -0.39 is 29.6 Å². The Morgan fingerprint density at radius 1 is 1.07 bits per heavy atom. The second-order valence-corrected chi connectivity index (χ2v) is 11.9. The number of aromatic nitrogens is 3. The van der Waals surface area contributed by atoms with Crippen molar-refractivity contribution in [2.24, 2.45) is 0 Å². The maximum atomic E-state index is 14.1. The van der Waals surface area contributed by atoms with Crippen molar-refractivity contribution in [1.29, 1.82) is 0 Å². The zero-order valence-corrected chi connectivity index (χ0v) is 24.5. The molecular weight excluding hydrogens is 579 g/mol. The normalized spacial score (nSPS) is 18.1. The molecule has 2 aromatic heterocycles. The summed E-state index contributed by atoms with van der Waals surface area (Å²) in [5, 5.41) is 3.28. The molecule has 43 heavy (non-hydrogen) atoms. The highest BCUT2D eigenvalue weighted by molar-refractivity contribution is 6.30. The molecule has 3 aliphatic heterocycles. The Balaban J connectivity index is 1.28. The zero-order valence-electron chi connectivity index (χ0n) is 23.8. The Morgan fingerprint density at radius 2 is 1.81 bits per heavy atom. The molecule has 3 saturated heterocycles. The number of pyridine rings is 1. The minimum Gasteiger partial charge on any atom is -0.348 e. The van der Waals surface area contributed by atoms with Crippen molar-refractivity contribution in [1.82, 2.24) is 34.6 Å². The number of urea groups is 1. The number of likely N-dealkylation sites (tertiary alicyclic amines) is 2. The van der Waals surface area contributed by atoms with Gasteiger partial charge in [0.1, 0.15) is 23.3 Å². The summed E-state index contributed by atoms with van der Waals surface area (Å²) in [6.07, 6.45) is 2.57. The number of benzene rings is 1. The van der Waals surface area contributed by atoms with Crippen LogP contribution in [-0.2, 0) is 17.9 Å². The van der Waals surface area contributed by atoms with E-state index in [4.69, 9.17) is 11.6 Å². The Bertz CT molecular complexity index is 1630. The first-order valence-corrected chi connectivity index (χ1v) is 14.6. The van der Waals surface area contributed by atoms with E-state index in [9.17, 15) is 23.6 Å². The monoisotopic (exact) mass is 610 g/mol. The molecule has 12 nitrogen and oxygen atoms in total. The highest BCUT2D eigenvalue weighted by Crippen LogP contribution is 2.25. The quantitative estimate of drug-likeness (QED) is 0.392. The number of hydrogen-bond acceptors (Lipinski definition) is 7. The van der Waals surface area contributed by atoms with Crippen LogP contribution in [0.15, 0.2) is 41.3 Å². The fourth-order valence-electron chi connectivity index (χ4n) is 5.48. The number of rotatable bonds is 9. The van der Waals surface area contributed by atoms with Crippen molar-refractivity contribution in [3.05, 3.63) is 63.0 Å². The van der Waals surface area contributed by atoms with Crippen molar-refractivity contribution in [2.45, 2.75) is 32.1 Å². The predicted molar refractivity (Wildman–Crippen MR) is 158 cm³/mol. The summed E-state index contributed by atoms with van der Waals surface area (Å²) >= 11 is 5.95. The second-order valence-electron chi connectivity index (χ2n) is 11.5. The molecule has 3 aliphatic rings. The van der Waals surface area contributed by atoms with Crippen molar-refractivity contribution in [3.63, 3.8) is 0 Å². The Labute approximate surface area is 252 Å². The van der Waals surface area contributed by atoms with Crippen LogP contribution in [-0.4, -0.2) is 105 Å². The highest BCUT2D eigenvalue weighted by atomic mass is 35.5. The van der Waals surface area contributed by atoms with Crippen LogP contribution in [0, 0.1) is 0 Å². The van der Waals surface area contributed by atoms with E-state index in [1.807, 2.05) is 0 Å². The van der Waals surface area contributed by atoms with Gasteiger partial charge in [-0.2, -0.15) is 0 Å². The number of fused-ring (bicyclic) bond motifs is 1. The first kappa shape index (κ1) is 29.0. The molecule has 6 rings (SSSR count). The largest absolute Gasteiger partial charge is 0.348 e. The van der Waals surface area contributed by atoms with Crippen LogP contribution >= 0.6 is 11.6 Å². The summed E-state index contributed by atoms with van der Waals surface area (Å²) in [5.74, 6) is -0.857. The first-order chi connectivity index (χ1) is 20.6. The Morgan fingerprint density at radius 3 is 2.49 bits per heavy atom. The molecule has 0 bridgehead atoms. The van der Waals surface area contributed by atoms with E-state index in [1.54, 1.807) is 29.2 Å². The summed E-state index contributed by atoms with van der Waals surface area (Å²) in [5.41, 5.74) is -1.41. The third-order valence-corrected chi connectivity index (χ3v) is 8.34. The number of amides is 4. The Hall–Kier alpha value is -4.10. The van der Waals surface area contributed by atoms with Gasteiger partial charge >= 0.3 is 6.03 Å². The lowest BCUT2D eigenvalue weighted by Crippen LogP contribution is -2.60. The number of halogens is 2. The smallest absolute Gasteiger partial charge is 0.325 e. The summed E-state index contributed by atoms with van der Waals surface area (Å²) in [7, 11) is 0. The molecule has 226 valence electrons. The average molecular weight is 611 g/mol. The maximum Gasteiger partial charge on any atom is 0.325 e. The molecule has 1 N–H and O–H groups in total. The first-order valence-electron chi connectivity index (χ1n) is 14.3. The lowest BCUT2D eigenvalue weighted by Gasteiger charge is -2.42. The molecule has 3 aromatic rings. The molecule has 5 heterocycles. The average Bonchev–Trinajstić information content (AvgIpc) is 3.31. The lowest BCUT2D eigenvalue weighted by atomic mass is 9.99. The number of carbonyl (C=O) groups excluding carboxylic acids is 3. The van der Waals surface area contributed by atoms with Gasteiger partial charge in [-0.05, 0) is 50.2 Å². The van der Waals surface area contributed by atoms with Crippen LogP contribution in [0.25, 0.3) is 11.2 Å². The third kappa shape index (κ3) is 6.04. The summed E-state index contributed by atoms with van der Waals surface area (Å²) in [6, 6.07) is 8.03. The van der Waals surface area contributed by atoms with Crippen molar-refractivity contribution >= 4 is 46.4 Å². The van der Waals surface area contributed by atoms with E-state index >= 15 is 0 Å². The van der Waals surface area contributed by atoms with Crippen molar-refractivity contribution in [3.8, 4) is 0 Å². The number of anilines is 1. The minimum atomic E-state index is -1.48. The van der Waals surface area contributed by atoms with Gasteiger partial charge in [-0.25, -0.2) is 19.2 Å². The molecule has 1 aromatic carbocycles. The van der Waals surface area contributed by atoms with Crippen LogP contribution in [0.2, 0.25) is 5.02 Å². The molecule has 0 atom stereocenters. The van der Waals surface area contributed by atoms with Gasteiger partial charge in [-0.1, -0.05) is 23.7 Å². The van der Waals surface area contributed by atoms with Crippen LogP contribution < -0.4 is 15.8 Å². The van der Waals surface area contributed by atoms with Gasteiger partial charge < -0.3 is 20.0 Å². The van der Waals surface area contributed by atoms with E-state index in [0.717, 1.165) is 29.8 Å². The van der Waals surface area contributed by atoms with Gasteiger partial charge in [-0.15, -0.1) is 0 Å². The SMILES string of the molecule is CC1(F)CN(C(=O)Cn2c(=O)c(C(=O)NCc3ccc(Cl)cc3)cc3nc(N4CCN(CCN5CCC5)C4=O)cnc32)C1. The van der Waals surface area contributed by atoms with Crippen LogP contribution in [0.5, 0.6) is 0 Å². The molecular formula is C29H32ClFN8O4. The van der Waals surface area contributed by atoms with E-state index in [-0.39, 0.29) is 48.2 Å². The molecule has 0 radical (unpaired) electrons. The van der Waals surface area contributed by atoms with Crippen LogP contribution in [0.4, 0.5) is 15.0 Å². The number of carbonyl (C=O) groups is 3. The molecule has 0 spiro atoms. The van der Waals surface area contributed by atoms with E-state index in [0.29, 0.717) is 24.7 Å². The van der Waals surface area contributed by atoms with Gasteiger partial charge in [0.15, 0.2) is 11.5 Å². The fourth-order valence-corrected chi connectivity index (χ4v) is 5.61. The van der Waals surface area contributed by atoms with Gasteiger partial charge in [0.25, 0.3) is 11.5 Å². The van der Waals surface area contributed by atoms with Crippen molar-refractivity contribution < 1.29 is 18.8 Å². The van der Waals surface area contributed by atoms with Gasteiger partial charge in [-0.3, -0.25) is 23.9 Å². The number of nitrogens with one attached hydrogen (secondary N) is 1. The van der Waals surface area contributed by atoms with Crippen LogP contribution in [0.3, 0.4) is 0 Å². The fraction of sp³-hybridized carbons (Fsp3) is 0.448. The minimum absolute atomic E-state index is 0.0824. The second kappa shape index (κ2) is 11.5. The molecule has 0 saturated carbocycles. The van der Waals surface area contributed by atoms with Gasteiger partial charge in [0.05, 0.1) is 19.3 Å². The molecule has 3 fully saturated rings. The standard InChI is InChI=1S/C29H32ClFN8O4/c1-29(31)17-37(18-29)24(40)16-39-25-22(13-21(27(39)42)26(41)33-14-19-3-5-20(30)6-4-19)34-23(15-32-25)38-12-11-36(28(38)43)10-9-35-7-2-8-35/h3-6,13,15H,2,7-12,14,16-18H2,1H3,(H,33,41). The van der Waals surface area contributed by atoms with E-state index in [2.05, 4.69) is 20.2 Å². The van der Waals surface area contributed by atoms with E-state index in [1.165, 1.54) is 35.4 Å². The molecule has 4 amide bonds. The topological polar surface area (TPSA) is 124 Å². The number of alkyl halides is 1. The summed E-state index contributed by atoms with van der Waals surface area (Å²) in [6.45, 7) is 5.43. The zero-order chi connectivity index (χ0) is 30.3. The predicted octanol–water partition coefficient (Wildman–Crippen LogP) is 1.89. The number of nitrogens with zero attached hydrogens (tertiary/aromatic N) is 7. The van der Waals surface area contributed by atoms with Gasteiger partial charge in [0, 0.05) is 37.7 Å². The maximum absolute atomic E-state index is 14.1. The van der Waals surface area contributed by atoms with Crippen molar-refractivity contribution in [2.75, 3.05) is 57.3 Å². The molecule has 14 heteroatoms. The highest BCUT2D eigenvalue weighted by Gasteiger charge is 2.41.